The Hall–Kier alpha value is -1.22. The number of benzene rings is 1. The molecule has 0 aliphatic carbocycles. The molecule has 0 bridgehead atoms. The normalized spacial score (nSPS) is 12.2. The summed E-state index contributed by atoms with van der Waals surface area (Å²) < 4.78 is 10.7. The van der Waals surface area contributed by atoms with Gasteiger partial charge in [0.1, 0.15) is 0 Å². The van der Waals surface area contributed by atoms with Crippen molar-refractivity contribution in [1.82, 2.24) is 0 Å². The van der Waals surface area contributed by atoms with Crippen LogP contribution in [0.5, 0.6) is 11.5 Å². The molecule has 0 fully saturated rings. The molecule has 1 rings (SSSR count). The van der Waals surface area contributed by atoms with Gasteiger partial charge in [-0.25, -0.2) is 0 Å². The fourth-order valence-electron chi connectivity index (χ4n) is 1.67. The number of rotatable bonds is 6. The van der Waals surface area contributed by atoms with Crippen LogP contribution in [-0.4, -0.2) is 13.7 Å². The van der Waals surface area contributed by atoms with Crippen LogP contribution in [0.1, 0.15) is 38.3 Å². The van der Waals surface area contributed by atoms with Crippen LogP contribution in [0.25, 0.3) is 0 Å². The highest BCUT2D eigenvalue weighted by molar-refractivity contribution is 5.43. The molecule has 2 N–H and O–H groups in total. The fourth-order valence-corrected chi connectivity index (χ4v) is 1.67. The Balaban J connectivity index is 2.89. The van der Waals surface area contributed by atoms with Crippen molar-refractivity contribution in [2.24, 2.45) is 5.73 Å². The Morgan fingerprint density at radius 2 is 2.00 bits per heavy atom. The van der Waals surface area contributed by atoms with Crippen LogP contribution in [-0.2, 0) is 0 Å². The molecule has 90 valence electrons. The molecule has 3 nitrogen and oxygen atoms in total. The number of ether oxygens (including phenoxy) is 2. The second kappa shape index (κ2) is 6.38. The lowest BCUT2D eigenvalue weighted by Crippen LogP contribution is -2.10. The highest BCUT2D eigenvalue weighted by Crippen LogP contribution is 2.30. The van der Waals surface area contributed by atoms with Crippen LogP contribution in [0.15, 0.2) is 18.2 Å². The molecule has 16 heavy (non-hydrogen) atoms. The number of hydrogen-bond donors (Lipinski definition) is 1. The Morgan fingerprint density at radius 1 is 1.25 bits per heavy atom. The molecule has 0 unspecified atom stereocenters. The van der Waals surface area contributed by atoms with E-state index >= 15 is 0 Å². The van der Waals surface area contributed by atoms with Crippen molar-refractivity contribution in [2.45, 2.75) is 32.7 Å². The van der Waals surface area contributed by atoms with Crippen molar-refractivity contribution >= 4 is 0 Å². The summed E-state index contributed by atoms with van der Waals surface area (Å²) in [4.78, 5) is 0. The maximum atomic E-state index is 6.06. The van der Waals surface area contributed by atoms with Crippen LogP contribution in [0.4, 0.5) is 0 Å². The first-order valence-electron chi connectivity index (χ1n) is 5.79. The van der Waals surface area contributed by atoms with E-state index < -0.39 is 0 Å². The van der Waals surface area contributed by atoms with Crippen LogP contribution >= 0.6 is 0 Å². The standard InChI is InChI=1S/C13H21NO2/c1-4-6-11(14)10-7-8-12(16-5-2)13(9-10)15-3/h7-9,11H,4-6,14H2,1-3H3/t11-/m0/s1. The molecule has 0 spiro atoms. The largest absolute Gasteiger partial charge is 0.493 e. The smallest absolute Gasteiger partial charge is 0.161 e. The molecule has 0 aliphatic heterocycles. The lowest BCUT2D eigenvalue weighted by molar-refractivity contribution is 0.310. The van der Waals surface area contributed by atoms with Crippen LogP contribution in [0, 0.1) is 0 Å². The summed E-state index contributed by atoms with van der Waals surface area (Å²) in [6.45, 7) is 4.72. The SMILES string of the molecule is CCC[C@H](N)c1ccc(OCC)c(OC)c1. The van der Waals surface area contributed by atoms with Crippen LogP contribution < -0.4 is 15.2 Å². The molecule has 1 aromatic rings. The Kier molecular flexibility index (Phi) is 5.12. The van der Waals surface area contributed by atoms with Crippen LogP contribution in [0.3, 0.4) is 0 Å². The second-order valence-corrected chi connectivity index (χ2v) is 3.74. The van der Waals surface area contributed by atoms with Gasteiger partial charge >= 0.3 is 0 Å². The van der Waals surface area contributed by atoms with Crippen molar-refractivity contribution in [3.63, 3.8) is 0 Å². The average Bonchev–Trinajstić information content (AvgIpc) is 2.30. The zero-order valence-corrected chi connectivity index (χ0v) is 10.3. The van der Waals surface area contributed by atoms with Crippen molar-refractivity contribution in [3.8, 4) is 11.5 Å². The minimum absolute atomic E-state index is 0.0783. The minimum atomic E-state index is 0.0783. The molecule has 0 aromatic heterocycles. The molecular formula is C13H21NO2. The summed E-state index contributed by atoms with van der Waals surface area (Å²) in [7, 11) is 1.65. The van der Waals surface area contributed by atoms with Gasteiger partial charge in [0.05, 0.1) is 13.7 Å². The predicted octanol–water partition coefficient (Wildman–Crippen LogP) is 2.89. The van der Waals surface area contributed by atoms with Gasteiger partial charge in [-0.15, -0.1) is 0 Å². The summed E-state index contributed by atoms with van der Waals surface area (Å²) in [5, 5.41) is 0. The first-order chi connectivity index (χ1) is 7.72. The van der Waals surface area contributed by atoms with Gasteiger partial charge < -0.3 is 15.2 Å². The van der Waals surface area contributed by atoms with Gasteiger partial charge in [0.25, 0.3) is 0 Å². The number of nitrogens with two attached hydrogens (primary N) is 1. The average molecular weight is 223 g/mol. The molecule has 1 atom stereocenters. The van der Waals surface area contributed by atoms with Gasteiger partial charge in [0.15, 0.2) is 11.5 Å². The van der Waals surface area contributed by atoms with Crippen molar-refractivity contribution in [1.29, 1.82) is 0 Å². The second-order valence-electron chi connectivity index (χ2n) is 3.74. The minimum Gasteiger partial charge on any atom is -0.493 e. The van der Waals surface area contributed by atoms with E-state index in [0.29, 0.717) is 6.61 Å². The molecule has 0 amide bonds. The van der Waals surface area contributed by atoms with Gasteiger partial charge in [0.2, 0.25) is 0 Å². The van der Waals surface area contributed by atoms with Crippen molar-refractivity contribution < 1.29 is 9.47 Å². The number of methoxy groups -OCH3 is 1. The molecule has 0 aliphatic rings. The summed E-state index contributed by atoms with van der Waals surface area (Å²) in [5.74, 6) is 1.53. The van der Waals surface area contributed by atoms with E-state index in [4.69, 9.17) is 15.2 Å². The van der Waals surface area contributed by atoms with Crippen LogP contribution in [0.2, 0.25) is 0 Å². The highest BCUT2D eigenvalue weighted by atomic mass is 16.5. The quantitative estimate of drug-likeness (QED) is 0.806. The first kappa shape index (κ1) is 12.8. The maximum absolute atomic E-state index is 6.06. The molecule has 1 aromatic carbocycles. The summed E-state index contributed by atoms with van der Waals surface area (Å²) in [6.07, 6.45) is 2.06. The maximum Gasteiger partial charge on any atom is 0.161 e. The molecule has 0 saturated carbocycles. The topological polar surface area (TPSA) is 44.5 Å². The van der Waals surface area contributed by atoms with Gasteiger partial charge in [-0.3, -0.25) is 0 Å². The zero-order valence-electron chi connectivity index (χ0n) is 10.3. The van der Waals surface area contributed by atoms with Crippen molar-refractivity contribution in [3.05, 3.63) is 23.8 Å². The van der Waals surface area contributed by atoms with E-state index in [1.54, 1.807) is 7.11 Å². The highest BCUT2D eigenvalue weighted by Gasteiger charge is 2.09. The van der Waals surface area contributed by atoms with Gasteiger partial charge in [-0.05, 0) is 31.0 Å². The van der Waals surface area contributed by atoms with Gasteiger partial charge in [-0.1, -0.05) is 19.4 Å². The fraction of sp³-hybridized carbons (Fsp3) is 0.538. The third kappa shape index (κ3) is 3.14. The summed E-state index contributed by atoms with van der Waals surface area (Å²) in [6, 6.07) is 5.97. The van der Waals surface area contributed by atoms with Gasteiger partial charge in [-0.2, -0.15) is 0 Å². The zero-order chi connectivity index (χ0) is 12.0. The summed E-state index contributed by atoms with van der Waals surface area (Å²) in [5.41, 5.74) is 7.16. The molecule has 0 radical (unpaired) electrons. The molecule has 0 saturated heterocycles. The Morgan fingerprint density at radius 3 is 2.56 bits per heavy atom. The number of hydrogen-bond acceptors (Lipinski definition) is 3. The third-order valence-electron chi connectivity index (χ3n) is 2.52. The monoisotopic (exact) mass is 223 g/mol. The van der Waals surface area contributed by atoms with E-state index in [1.807, 2.05) is 25.1 Å². The Bertz CT molecular complexity index is 326. The van der Waals surface area contributed by atoms with Gasteiger partial charge in [0, 0.05) is 6.04 Å². The summed E-state index contributed by atoms with van der Waals surface area (Å²) >= 11 is 0. The van der Waals surface area contributed by atoms with Crippen molar-refractivity contribution in [2.75, 3.05) is 13.7 Å². The Labute approximate surface area is 97.6 Å². The molecule has 3 heteroatoms. The lowest BCUT2D eigenvalue weighted by Gasteiger charge is -2.14. The molecule has 0 heterocycles. The van der Waals surface area contributed by atoms with E-state index in [9.17, 15) is 0 Å². The first-order valence-corrected chi connectivity index (χ1v) is 5.79. The van der Waals surface area contributed by atoms with E-state index in [2.05, 4.69) is 6.92 Å². The van der Waals surface area contributed by atoms with E-state index in [-0.39, 0.29) is 6.04 Å². The third-order valence-corrected chi connectivity index (χ3v) is 2.52. The predicted molar refractivity (Wildman–Crippen MR) is 66.0 cm³/mol. The lowest BCUT2D eigenvalue weighted by atomic mass is 10.0. The van der Waals surface area contributed by atoms with E-state index in [0.717, 1.165) is 29.9 Å². The molecular weight excluding hydrogens is 202 g/mol. The van der Waals surface area contributed by atoms with E-state index in [1.165, 1.54) is 0 Å².